The van der Waals surface area contributed by atoms with Gasteiger partial charge < -0.3 is 18.6 Å². The van der Waals surface area contributed by atoms with Crippen LogP contribution in [0.15, 0.2) is 53.6 Å². The molecule has 0 aliphatic heterocycles. The van der Waals surface area contributed by atoms with E-state index in [1.807, 2.05) is 0 Å². The van der Waals surface area contributed by atoms with Crippen LogP contribution in [-0.4, -0.2) is 55.1 Å². The summed E-state index contributed by atoms with van der Waals surface area (Å²) in [6.45, 7) is 11.1. The summed E-state index contributed by atoms with van der Waals surface area (Å²) in [5, 5.41) is 0.0204. The normalized spacial score (nSPS) is 12.1. The molecule has 0 fully saturated rings. The van der Waals surface area contributed by atoms with Crippen molar-refractivity contribution in [3.05, 3.63) is 65.9 Å². The molecule has 0 spiro atoms. The molecular weight excluding hydrogens is 574 g/mol. The molecule has 0 saturated heterocycles. The maximum atomic E-state index is 15.1. The predicted molar refractivity (Wildman–Crippen MR) is 153 cm³/mol. The topological polar surface area (TPSA) is 113 Å². The van der Waals surface area contributed by atoms with E-state index in [1.165, 1.54) is 7.11 Å². The number of rotatable bonds is 11. The summed E-state index contributed by atoms with van der Waals surface area (Å²) >= 11 is 0. The molecule has 0 aliphatic rings. The van der Waals surface area contributed by atoms with Crippen molar-refractivity contribution in [1.82, 2.24) is 4.98 Å². The highest BCUT2D eigenvalue weighted by Crippen LogP contribution is 2.37. The molecule has 0 bridgehead atoms. The van der Waals surface area contributed by atoms with Crippen molar-refractivity contribution in [2.24, 2.45) is 0 Å². The fraction of sp³-hybridized carbons (Fsp3) is 0.357. The number of nitrogens with one attached hydrogen (secondary N) is 1. The molecule has 1 heterocycles. The zero-order chi connectivity index (χ0) is 30.6. The number of anilines is 1. The Balaban J connectivity index is 1.92. The number of esters is 1. The van der Waals surface area contributed by atoms with Crippen LogP contribution in [0, 0.1) is 11.6 Å². The number of nitrogens with zero attached hydrogens (tertiary/aromatic N) is 1. The van der Waals surface area contributed by atoms with E-state index in [9.17, 15) is 17.6 Å². The van der Waals surface area contributed by atoms with Crippen molar-refractivity contribution in [2.75, 3.05) is 32.2 Å². The molecule has 0 amide bonds. The maximum absolute atomic E-state index is 15.1. The van der Waals surface area contributed by atoms with Gasteiger partial charge in [-0.2, -0.15) is 0 Å². The van der Waals surface area contributed by atoms with Gasteiger partial charge in [0.2, 0.25) is 5.88 Å². The molecule has 9 nitrogen and oxygen atoms in total. The average Bonchev–Trinajstić information content (AvgIpc) is 2.91. The van der Waals surface area contributed by atoms with Gasteiger partial charge in [0.15, 0.2) is 13.2 Å². The van der Waals surface area contributed by atoms with Crippen LogP contribution in [0.1, 0.15) is 31.1 Å². The number of methoxy groups -OCH3 is 2. The zero-order valence-corrected chi connectivity index (χ0v) is 25.8. The van der Waals surface area contributed by atoms with Gasteiger partial charge in [-0.25, -0.2) is 27.0 Å². The molecular formula is C28H34F2N2O7SSi. The second-order valence-electron chi connectivity index (χ2n) is 10.6. The van der Waals surface area contributed by atoms with E-state index in [-0.39, 0.29) is 34.2 Å². The number of carbonyl (C=O) groups is 1. The SMILES string of the molecule is COC(=O)c1cnc(OC)c(S(=O)(=O)Nc2cc(-c3ccccc3OCCO[Si](C)(C)C(C)(C)C)c(F)cc2F)c1. The standard InChI is InChI=1S/C28H34F2N2O7SSi/c1-28(2,3)41(6,7)39-13-12-38-24-11-9-8-10-19(24)20-15-23(22(30)16-21(20)29)32-40(34,35)25-14-18(27(33)37-5)17-31-26(25)36-4/h8-11,14-17,32H,12-13H2,1-7H3. The third-order valence-electron chi connectivity index (χ3n) is 6.81. The lowest BCUT2D eigenvalue weighted by Gasteiger charge is -2.36. The Kier molecular flexibility index (Phi) is 9.77. The molecule has 3 aromatic rings. The van der Waals surface area contributed by atoms with Crippen LogP contribution in [0.5, 0.6) is 11.6 Å². The number of benzene rings is 2. The van der Waals surface area contributed by atoms with Gasteiger partial charge in [0.1, 0.15) is 24.0 Å². The van der Waals surface area contributed by atoms with Crippen LogP contribution < -0.4 is 14.2 Å². The van der Waals surface area contributed by atoms with Gasteiger partial charge in [0.25, 0.3) is 10.0 Å². The van der Waals surface area contributed by atoms with Gasteiger partial charge >= 0.3 is 5.97 Å². The number of hydrogen-bond donors (Lipinski definition) is 1. The van der Waals surface area contributed by atoms with Crippen LogP contribution in [-0.2, 0) is 19.2 Å². The van der Waals surface area contributed by atoms with Gasteiger partial charge in [-0.1, -0.05) is 39.0 Å². The van der Waals surface area contributed by atoms with E-state index >= 15 is 4.39 Å². The van der Waals surface area contributed by atoms with E-state index in [1.54, 1.807) is 24.3 Å². The summed E-state index contributed by atoms with van der Waals surface area (Å²) in [4.78, 5) is 15.2. The molecule has 0 saturated carbocycles. The summed E-state index contributed by atoms with van der Waals surface area (Å²) in [5.41, 5.74) is -0.524. The van der Waals surface area contributed by atoms with Crippen LogP contribution in [0.4, 0.5) is 14.5 Å². The highest BCUT2D eigenvalue weighted by atomic mass is 32.2. The van der Waals surface area contributed by atoms with Gasteiger partial charge in [-0.3, -0.25) is 4.72 Å². The summed E-state index contributed by atoms with van der Waals surface area (Å²) in [6.07, 6.45) is 1.08. The number of aromatic nitrogens is 1. The lowest BCUT2D eigenvalue weighted by atomic mass is 10.0. The lowest BCUT2D eigenvalue weighted by molar-refractivity contribution is 0.0599. The molecule has 0 atom stereocenters. The number of ether oxygens (including phenoxy) is 3. The molecule has 41 heavy (non-hydrogen) atoms. The molecule has 0 unspecified atom stereocenters. The zero-order valence-electron chi connectivity index (χ0n) is 24.0. The van der Waals surface area contributed by atoms with Gasteiger partial charge in [0.05, 0.1) is 32.1 Å². The Bertz CT molecular complexity index is 1530. The van der Waals surface area contributed by atoms with Crippen LogP contribution in [0.25, 0.3) is 11.1 Å². The largest absolute Gasteiger partial charge is 0.491 e. The van der Waals surface area contributed by atoms with E-state index in [0.29, 0.717) is 18.4 Å². The third-order valence-corrected chi connectivity index (χ3v) is 12.7. The molecule has 222 valence electrons. The molecule has 3 rings (SSSR count). The number of carbonyl (C=O) groups excluding carboxylic acids is 1. The number of pyridine rings is 1. The smallest absolute Gasteiger partial charge is 0.339 e. The van der Waals surface area contributed by atoms with Crippen molar-refractivity contribution in [3.8, 4) is 22.8 Å². The fourth-order valence-electron chi connectivity index (χ4n) is 3.52. The van der Waals surface area contributed by atoms with Crippen molar-refractivity contribution >= 4 is 30.0 Å². The Hall–Kier alpha value is -3.55. The highest BCUT2D eigenvalue weighted by Gasteiger charge is 2.37. The average molecular weight is 609 g/mol. The number of halogens is 2. The Morgan fingerprint density at radius 2 is 1.68 bits per heavy atom. The molecule has 1 N–H and O–H groups in total. The Morgan fingerprint density at radius 1 is 1.00 bits per heavy atom. The second kappa shape index (κ2) is 12.5. The first-order chi connectivity index (χ1) is 19.1. The Morgan fingerprint density at radius 3 is 2.32 bits per heavy atom. The predicted octanol–water partition coefficient (Wildman–Crippen LogP) is 6.02. The maximum Gasteiger partial charge on any atom is 0.339 e. The van der Waals surface area contributed by atoms with Crippen molar-refractivity contribution in [1.29, 1.82) is 0 Å². The first kappa shape index (κ1) is 32.0. The first-order valence-electron chi connectivity index (χ1n) is 12.6. The van der Waals surface area contributed by atoms with Gasteiger partial charge in [-0.15, -0.1) is 0 Å². The third kappa shape index (κ3) is 7.40. The quantitative estimate of drug-likeness (QED) is 0.160. The second-order valence-corrected chi connectivity index (χ2v) is 17.1. The molecule has 2 aromatic carbocycles. The Labute approximate surface area is 240 Å². The monoisotopic (exact) mass is 608 g/mol. The summed E-state index contributed by atoms with van der Waals surface area (Å²) < 4.78 is 80.2. The minimum atomic E-state index is -4.56. The van der Waals surface area contributed by atoms with Crippen LogP contribution >= 0.6 is 0 Å². The van der Waals surface area contributed by atoms with Crippen molar-refractivity contribution < 1.29 is 40.6 Å². The molecule has 0 radical (unpaired) electrons. The minimum Gasteiger partial charge on any atom is -0.491 e. The van der Waals surface area contributed by atoms with Crippen LogP contribution in [0.3, 0.4) is 0 Å². The lowest BCUT2D eigenvalue weighted by Crippen LogP contribution is -2.41. The molecule has 1 aromatic heterocycles. The van der Waals surface area contributed by atoms with Crippen molar-refractivity contribution in [2.45, 2.75) is 43.8 Å². The van der Waals surface area contributed by atoms with E-state index in [4.69, 9.17) is 13.9 Å². The number of para-hydroxylation sites is 1. The number of sulfonamides is 1. The van der Waals surface area contributed by atoms with Crippen LogP contribution in [0.2, 0.25) is 18.1 Å². The van der Waals surface area contributed by atoms with E-state index in [2.05, 4.69) is 48.3 Å². The summed E-state index contributed by atoms with van der Waals surface area (Å²) in [6, 6.07) is 9.14. The van der Waals surface area contributed by atoms with Gasteiger partial charge in [0, 0.05) is 23.4 Å². The van der Waals surface area contributed by atoms with E-state index in [0.717, 1.165) is 25.4 Å². The van der Waals surface area contributed by atoms with E-state index < -0.39 is 46.5 Å². The first-order valence-corrected chi connectivity index (χ1v) is 17.0. The highest BCUT2D eigenvalue weighted by molar-refractivity contribution is 7.92. The van der Waals surface area contributed by atoms with Crippen molar-refractivity contribution in [3.63, 3.8) is 0 Å². The fourth-order valence-corrected chi connectivity index (χ4v) is 5.75. The minimum absolute atomic E-state index is 0.0204. The number of hydrogen-bond acceptors (Lipinski definition) is 8. The molecule has 13 heteroatoms. The van der Waals surface area contributed by atoms with Gasteiger partial charge in [-0.05, 0) is 36.3 Å². The molecule has 0 aliphatic carbocycles. The summed E-state index contributed by atoms with van der Waals surface area (Å²) in [5.74, 6) is -2.95. The summed E-state index contributed by atoms with van der Waals surface area (Å²) in [7, 11) is -4.25.